The molecule has 0 radical (unpaired) electrons. The van der Waals surface area contributed by atoms with Crippen LogP contribution in [0, 0.1) is 5.41 Å². The van der Waals surface area contributed by atoms with Crippen LogP contribution in [-0.4, -0.2) is 6.61 Å². The van der Waals surface area contributed by atoms with Crippen LogP contribution in [-0.2, 0) is 0 Å². The lowest BCUT2D eigenvalue weighted by Gasteiger charge is -2.34. The van der Waals surface area contributed by atoms with Crippen LogP contribution in [0.3, 0.4) is 0 Å². The summed E-state index contributed by atoms with van der Waals surface area (Å²) in [6.45, 7) is 5.23. The quantitative estimate of drug-likeness (QED) is 0.608. The molecule has 1 fully saturated rings. The minimum Gasteiger partial charge on any atom is -0.494 e. The van der Waals surface area contributed by atoms with Gasteiger partial charge >= 0.3 is 0 Å². The molecule has 0 aliphatic heterocycles. The second-order valence-corrected chi connectivity index (χ2v) is 5.88. The monoisotopic (exact) mass is 262 g/mol. The van der Waals surface area contributed by atoms with E-state index in [1.165, 1.54) is 31.2 Å². The highest BCUT2D eigenvalue weighted by Crippen LogP contribution is 2.46. The Labute approximate surface area is 116 Å². The summed E-state index contributed by atoms with van der Waals surface area (Å²) in [6, 6.07) is 8.61. The van der Waals surface area contributed by atoms with Gasteiger partial charge in [0.1, 0.15) is 5.75 Å². The van der Waals surface area contributed by atoms with Gasteiger partial charge in [0.15, 0.2) is 0 Å². The van der Waals surface area contributed by atoms with E-state index in [0.29, 0.717) is 0 Å². The molecule has 1 unspecified atom stereocenters. The van der Waals surface area contributed by atoms with E-state index in [9.17, 15) is 0 Å². The zero-order valence-electron chi connectivity index (χ0n) is 12.1. The zero-order chi connectivity index (χ0) is 13.7. The molecule has 106 valence electrons. The summed E-state index contributed by atoms with van der Waals surface area (Å²) in [4.78, 5) is 0. The van der Waals surface area contributed by atoms with E-state index in [-0.39, 0.29) is 11.5 Å². The molecule has 0 aromatic heterocycles. The molecule has 2 rings (SSSR count). The summed E-state index contributed by atoms with van der Waals surface area (Å²) in [6.07, 6.45) is 6.15. The molecule has 1 aliphatic carbocycles. The lowest BCUT2D eigenvalue weighted by Crippen LogP contribution is -2.38. The Morgan fingerprint density at radius 3 is 2.42 bits per heavy atom. The average Bonchev–Trinajstić information content (AvgIpc) is 2.86. The van der Waals surface area contributed by atoms with Gasteiger partial charge in [-0.1, -0.05) is 38.8 Å². The van der Waals surface area contributed by atoms with Gasteiger partial charge in [0.05, 0.1) is 12.6 Å². The summed E-state index contributed by atoms with van der Waals surface area (Å²) in [7, 11) is 0. The summed E-state index contributed by atoms with van der Waals surface area (Å²) in [5.41, 5.74) is 4.56. The van der Waals surface area contributed by atoms with Crippen LogP contribution in [0.2, 0.25) is 0 Å². The smallest absolute Gasteiger partial charge is 0.119 e. The van der Waals surface area contributed by atoms with Crippen molar-refractivity contribution in [2.45, 2.75) is 52.0 Å². The van der Waals surface area contributed by atoms with Crippen LogP contribution < -0.4 is 16.0 Å². The van der Waals surface area contributed by atoms with Crippen molar-refractivity contribution in [3.05, 3.63) is 29.8 Å². The number of hydrogen-bond donors (Lipinski definition) is 2. The van der Waals surface area contributed by atoms with Crippen LogP contribution >= 0.6 is 0 Å². The van der Waals surface area contributed by atoms with Gasteiger partial charge in [0, 0.05) is 0 Å². The molecule has 0 saturated heterocycles. The predicted octanol–water partition coefficient (Wildman–Crippen LogP) is 3.56. The highest BCUT2D eigenvalue weighted by atomic mass is 16.5. The number of hydrogen-bond acceptors (Lipinski definition) is 3. The molecule has 3 nitrogen and oxygen atoms in total. The molecule has 1 aromatic carbocycles. The van der Waals surface area contributed by atoms with Gasteiger partial charge in [-0.25, -0.2) is 0 Å². The molecule has 0 amide bonds. The second kappa shape index (κ2) is 6.40. The lowest BCUT2D eigenvalue weighted by molar-refractivity contribution is 0.224. The fourth-order valence-corrected chi connectivity index (χ4v) is 3.15. The molecule has 3 heteroatoms. The normalized spacial score (nSPS) is 19.3. The van der Waals surface area contributed by atoms with E-state index in [0.717, 1.165) is 18.8 Å². The van der Waals surface area contributed by atoms with Crippen molar-refractivity contribution in [1.82, 2.24) is 5.43 Å². The maximum Gasteiger partial charge on any atom is 0.119 e. The fraction of sp³-hybridized carbons (Fsp3) is 0.625. The third-order valence-electron chi connectivity index (χ3n) is 4.30. The van der Waals surface area contributed by atoms with Crippen LogP contribution in [0.25, 0.3) is 0 Å². The van der Waals surface area contributed by atoms with Gasteiger partial charge in [0.2, 0.25) is 0 Å². The van der Waals surface area contributed by atoms with Crippen molar-refractivity contribution in [2.24, 2.45) is 11.3 Å². The van der Waals surface area contributed by atoms with Gasteiger partial charge in [-0.05, 0) is 42.4 Å². The molecule has 1 aromatic rings. The van der Waals surface area contributed by atoms with E-state index in [2.05, 4.69) is 31.4 Å². The third-order valence-corrected chi connectivity index (χ3v) is 4.30. The minimum absolute atomic E-state index is 0.232. The first-order valence-corrected chi connectivity index (χ1v) is 7.38. The van der Waals surface area contributed by atoms with Gasteiger partial charge in [-0.3, -0.25) is 11.3 Å². The maximum absolute atomic E-state index is 5.81. The Morgan fingerprint density at radius 1 is 1.26 bits per heavy atom. The average molecular weight is 262 g/mol. The molecule has 3 N–H and O–H groups in total. The van der Waals surface area contributed by atoms with Crippen LogP contribution in [0.5, 0.6) is 5.75 Å². The van der Waals surface area contributed by atoms with E-state index in [4.69, 9.17) is 10.6 Å². The van der Waals surface area contributed by atoms with Crippen molar-refractivity contribution in [1.29, 1.82) is 0 Å². The Bertz CT molecular complexity index is 382. The number of benzene rings is 1. The molecular weight excluding hydrogens is 236 g/mol. The Balaban J connectivity index is 2.10. The predicted molar refractivity (Wildman–Crippen MR) is 78.9 cm³/mol. The van der Waals surface area contributed by atoms with E-state index < -0.39 is 0 Å². The molecule has 0 bridgehead atoms. The molecule has 1 saturated carbocycles. The first-order chi connectivity index (χ1) is 9.19. The number of ether oxygens (including phenoxy) is 1. The fourth-order valence-electron chi connectivity index (χ4n) is 3.15. The zero-order valence-corrected chi connectivity index (χ0v) is 12.1. The minimum atomic E-state index is 0.232. The van der Waals surface area contributed by atoms with Crippen LogP contribution in [0.4, 0.5) is 0 Å². The Morgan fingerprint density at radius 2 is 1.89 bits per heavy atom. The number of hydrazine groups is 1. The van der Waals surface area contributed by atoms with Crippen molar-refractivity contribution >= 4 is 0 Å². The topological polar surface area (TPSA) is 47.3 Å². The maximum atomic E-state index is 5.81. The summed E-state index contributed by atoms with van der Waals surface area (Å²) in [5, 5.41) is 0. The SMILES string of the molecule is CCCOc1ccc(C(NN)C2(C)CCCC2)cc1. The first-order valence-electron chi connectivity index (χ1n) is 7.38. The van der Waals surface area contributed by atoms with Gasteiger partial charge in [-0.2, -0.15) is 0 Å². The van der Waals surface area contributed by atoms with E-state index in [1.807, 2.05) is 12.1 Å². The molecule has 0 spiro atoms. The molecule has 1 aliphatic rings. The molecule has 19 heavy (non-hydrogen) atoms. The first kappa shape index (κ1) is 14.4. The lowest BCUT2D eigenvalue weighted by atomic mass is 9.77. The summed E-state index contributed by atoms with van der Waals surface area (Å²) in [5.74, 6) is 6.75. The third kappa shape index (κ3) is 3.28. The van der Waals surface area contributed by atoms with Crippen LogP contribution in [0.1, 0.15) is 57.6 Å². The van der Waals surface area contributed by atoms with Gasteiger partial charge in [-0.15, -0.1) is 0 Å². The van der Waals surface area contributed by atoms with Gasteiger partial charge in [0.25, 0.3) is 0 Å². The number of nitrogens with one attached hydrogen (secondary N) is 1. The van der Waals surface area contributed by atoms with Crippen molar-refractivity contribution in [3.63, 3.8) is 0 Å². The highest BCUT2D eigenvalue weighted by molar-refractivity contribution is 5.30. The van der Waals surface area contributed by atoms with E-state index >= 15 is 0 Å². The second-order valence-electron chi connectivity index (χ2n) is 5.88. The van der Waals surface area contributed by atoms with Crippen LogP contribution in [0.15, 0.2) is 24.3 Å². The van der Waals surface area contributed by atoms with Crippen molar-refractivity contribution in [3.8, 4) is 5.75 Å². The highest BCUT2D eigenvalue weighted by Gasteiger charge is 2.37. The molecule has 1 atom stereocenters. The van der Waals surface area contributed by atoms with Crippen molar-refractivity contribution < 1.29 is 4.74 Å². The molecule has 0 heterocycles. The standard InChI is InChI=1S/C16H26N2O/c1-3-12-19-14-8-6-13(7-9-14)15(18-17)16(2)10-4-5-11-16/h6-9,15,18H,3-5,10-12,17H2,1-2H3. The summed E-state index contributed by atoms with van der Waals surface area (Å²) >= 11 is 0. The van der Waals surface area contributed by atoms with Crippen molar-refractivity contribution in [2.75, 3.05) is 6.61 Å². The Hall–Kier alpha value is -1.06. The van der Waals surface area contributed by atoms with Gasteiger partial charge < -0.3 is 4.74 Å². The largest absolute Gasteiger partial charge is 0.494 e. The van der Waals surface area contributed by atoms with E-state index in [1.54, 1.807) is 0 Å². The summed E-state index contributed by atoms with van der Waals surface area (Å²) < 4.78 is 5.62. The number of rotatable bonds is 6. The number of nitrogens with two attached hydrogens (primary N) is 1. The Kier molecular flexibility index (Phi) is 4.83. The molecular formula is C16H26N2O.